The van der Waals surface area contributed by atoms with Crippen molar-refractivity contribution in [2.75, 3.05) is 31.1 Å². The van der Waals surface area contributed by atoms with E-state index in [1.165, 1.54) is 49.8 Å². The van der Waals surface area contributed by atoms with Gasteiger partial charge >= 0.3 is 6.18 Å². The second kappa shape index (κ2) is 12.4. The van der Waals surface area contributed by atoms with Gasteiger partial charge < -0.3 is 25.6 Å². The quantitative estimate of drug-likeness (QED) is 0.247. The molecule has 2 bridgehead atoms. The van der Waals surface area contributed by atoms with Crippen LogP contribution in [0.5, 0.6) is 0 Å². The summed E-state index contributed by atoms with van der Waals surface area (Å²) in [5, 5.41) is 10.3. The smallest absolute Gasteiger partial charge is 0.371 e. The predicted octanol–water partition coefficient (Wildman–Crippen LogP) is 6.03. The van der Waals surface area contributed by atoms with Crippen LogP contribution >= 0.6 is 11.6 Å². The van der Waals surface area contributed by atoms with Gasteiger partial charge in [0.25, 0.3) is 0 Å². The van der Waals surface area contributed by atoms with Gasteiger partial charge in [-0.2, -0.15) is 13.2 Å². The van der Waals surface area contributed by atoms with E-state index in [0.717, 1.165) is 43.8 Å². The molecule has 4 fully saturated rings. The van der Waals surface area contributed by atoms with Gasteiger partial charge in [-0.15, -0.1) is 0 Å². The SMILES string of the molecule is CCCCCCCCN1CCC(NC23CC(NC(=O)COC4CCC(C(F)(F)F)NC4)(C2)C3)c2ccc(Cl)cc21. The number of hydrogen-bond acceptors (Lipinski definition) is 5. The molecule has 2 heterocycles. The molecule has 3 saturated carbocycles. The standard InChI is InChI=1S/C30H44ClF3N4O2/c1-2-3-4-5-6-7-13-38-14-12-24(23-10-8-21(31)15-25(23)38)36-28-18-29(19-28,20-28)37-27(39)17-40-22-9-11-26(35-16-22)30(32,33)34/h8,10,15,22,24,26,35-36H,2-7,9,11-14,16-20H2,1H3,(H,37,39). The summed E-state index contributed by atoms with van der Waals surface area (Å²) in [7, 11) is 0. The van der Waals surface area contributed by atoms with Crippen LogP contribution in [0.1, 0.15) is 95.6 Å². The molecule has 0 spiro atoms. The van der Waals surface area contributed by atoms with Crippen molar-refractivity contribution in [3.63, 3.8) is 0 Å². The Hall–Kier alpha value is -1.55. The summed E-state index contributed by atoms with van der Waals surface area (Å²) in [4.78, 5) is 15.0. The molecule has 6 nitrogen and oxygen atoms in total. The largest absolute Gasteiger partial charge is 0.403 e. The lowest BCUT2D eigenvalue weighted by atomic mass is 9.44. The van der Waals surface area contributed by atoms with E-state index in [-0.39, 0.29) is 48.7 Å². The highest BCUT2D eigenvalue weighted by Gasteiger charge is 2.69. The number of carbonyl (C=O) groups excluding carboxylic acids is 1. The van der Waals surface area contributed by atoms with Crippen molar-refractivity contribution in [1.82, 2.24) is 16.0 Å². The first-order chi connectivity index (χ1) is 19.1. The number of alkyl halides is 3. The molecule has 0 aromatic heterocycles. The Balaban J connectivity index is 1.05. The Kier molecular flexibility index (Phi) is 9.25. The number of hydrogen-bond donors (Lipinski definition) is 3. The number of piperidine rings is 1. The summed E-state index contributed by atoms with van der Waals surface area (Å²) in [6.45, 7) is 4.32. The van der Waals surface area contributed by atoms with Crippen LogP contribution in [0.4, 0.5) is 18.9 Å². The number of nitrogens with zero attached hydrogens (tertiary/aromatic N) is 1. The molecule has 10 heteroatoms. The van der Waals surface area contributed by atoms with E-state index in [1.807, 2.05) is 6.07 Å². The predicted molar refractivity (Wildman–Crippen MR) is 152 cm³/mol. The topological polar surface area (TPSA) is 65.6 Å². The van der Waals surface area contributed by atoms with Crippen LogP contribution in [0.2, 0.25) is 5.02 Å². The Labute approximate surface area is 241 Å². The molecule has 5 aliphatic rings. The molecule has 40 heavy (non-hydrogen) atoms. The lowest BCUT2D eigenvalue weighted by molar-refractivity contribution is -0.167. The van der Waals surface area contributed by atoms with Gasteiger partial charge in [-0.3, -0.25) is 4.79 Å². The molecule has 2 aliphatic heterocycles. The van der Waals surface area contributed by atoms with E-state index in [1.54, 1.807) is 0 Å². The van der Waals surface area contributed by atoms with Gasteiger partial charge in [-0.1, -0.05) is 56.7 Å². The van der Waals surface area contributed by atoms with Crippen molar-refractivity contribution in [2.45, 2.75) is 119 Å². The highest BCUT2D eigenvalue weighted by Crippen LogP contribution is 2.61. The summed E-state index contributed by atoms with van der Waals surface area (Å²) in [5.41, 5.74) is 2.43. The molecule has 224 valence electrons. The lowest BCUT2D eigenvalue weighted by Gasteiger charge is -2.71. The highest BCUT2D eigenvalue weighted by molar-refractivity contribution is 6.30. The Morgan fingerprint density at radius 2 is 1.85 bits per heavy atom. The van der Waals surface area contributed by atoms with Crippen LogP contribution in [0, 0.1) is 0 Å². The Bertz CT molecular complexity index is 1010. The molecule has 3 aliphatic carbocycles. The number of ether oxygens (including phenoxy) is 1. The van der Waals surface area contributed by atoms with Gasteiger partial charge in [-0.25, -0.2) is 0 Å². The van der Waals surface area contributed by atoms with E-state index >= 15 is 0 Å². The van der Waals surface area contributed by atoms with Gasteiger partial charge in [0.1, 0.15) is 12.6 Å². The summed E-state index contributed by atoms with van der Waals surface area (Å²) >= 11 is 6.41. The second-order valence-electron chi connectivity index (χ2n) is 12.6. The van der Waals surface area contributed by atoms with Gasteiger partial charge in [-0.05, 0) is 62.6 Å². The summed E-state index contributed by atoms with van der Waals surface area (Å²) in [6, 6.07) is 5.04. The van der Waals surface area contributed by atoms with Crippen molar-refractivity contribution >= 4 is 23.2 Å². The lowest BCUT2D eigenvalue weighted by Crippen LogP contribution is -2.83. The number of carbonyl (C=O) groups is 1. The van der Waals surface area contributed by atoms with Crippen LogP contribution in [-0.4, -0.2) is 61.5 Å². The zero-order valence-corrected chi connectivity index (χ0v) is 24.3. The second-order valence-corrected chi connectivity index (χ2v) is 13.0. The fraction of sp³-hybridized carbons (Fsp3) is 0.767. The molecule has 1 aromatic carbocycles. The van der Waals surface area contributed by atoms with Crippen molar-refractivity contribution in [2.24, 2.45) is 0 Å². The van der Waals surface area contributed by atoms with Gasteiger partial charge in [0.15, 0.2) is 0 Å². The van der Waals surface area contributed by atoms with Crippen LogP contribution in [-0.2, 0) is 9.53 Å². The van der Waals surface area contributed by atoms with Gasteiger partial charge in [0.2, 0.25) is 5.91 Å². The van der Waals surface area contributed by atoms with Crippen LogP contribution in [0.3, 0.4) is 0 Å². The van der Waals surface area contributed by atoms with Crippen molar-refractivity contribution < 1.29 is 22.7 Å². The third-order valence-electron chi connectivity index (χ3n) is 9.31. The molecule has 1 aromatic rings. The van der Waals surface area contributed by atoms with Crippen LogP contribution < -0.4 is 20.9 Å². The molecule has 6 rings (SSSR count). The molecular formula is C30H44ClF3N4O2. The first-order valence-corrected chi connectivity index (χ1v) is 15.5. The van der Waals surface area contributed by atoms with E-state index < -0.39 is 12.2 Å². The number of unbranched alkanes of at least 4 members (excludes halogenated alkanes) is 5. The van der Waals surface area contributed by atoms with E-state index in [4.69, 9.17) is 16.3 Å². The number of amides is 1. The number of rotatable bonds is 13. The van der Waals surface area contributed by atoms with Crippen LogP contribution in [0.25, 0.3) is 0 Å². The van der Waals surface area contributed by atoms with Gasteiger partial charge in [0, 0.05) is 47.5 Å². The molecule has 0 radical (unpaired) electrons. The minimum absolute atomic E-state index is 0.0266. The molecule has 3 unspecified atom stereocenters. The molecular weight excluding hydrogens is 541 g/mol. The highest BCUT2D eigenvalue weighted by atomic mass is 35.5. The first-order valence-electron chi connectivity index (χ1n) is 15.2. The number of halogens is 4. The number of nitrogens with one attached hydrogen (secondary N) is 3. The maximum atomic E-state index is 12.8. The normalized spacial score (nSPS) is 31.2. The Morgan fingerprint density at radius 1 is 1.10 bits per heavy atom. The summed E-state index contributed by atoms with van der Waals surface area (Å²) in [6.07, 6.45) is 7.09. The van der Waals surface area contributed by atoms with Crippen molar-refractivity contribution in [1.29, 1.82) is 0 Å². The number of benzene rings is 1. The zero-order valence-electron chi connectivity index (χ0n) is 23.6. The maximum absolute atomic E-state index is 12.8. The Morgan fingerprint density at radius 3 is 2.55 bits per heavy atom. The van der Waals surface area contributed by atoms with Crippen LogP contribution in [0.15, 0.2) is 18.2 Å². The minimum Gasteiger partial charge on any atom is -0.371 e. The average Bonchev–Trinajstić information content (AvgIpc) is 2.88. The van der Waals surface area contributed by atoms with E-state index in [9.17, 15) is 18.0 Å². The van der Waals surface area contributed by atoms with E-state index in [0.29, 0.717) is 6.42 Å². The molecule has 1 amide bonds. The fourth-order valence-corrected chi connectivity index (χ4v) is 7.50. The molecule has 1 saturated heterocycles. The molecule has 3 atom stereocenters. The minimum atomic E-state index is -4.24. The zero-order chi connectivity index (χ0) is 28.4. The summed E-state index contributed by atoms with van der Waals surface area (Å²) < 4.78 is 44.1. The van der Waals surface area contributed by atoms with E-state index in [2.05, 4.69) is 39.9 Å². The first kappa shape index (κ1) is 29.9. The van der Waals surface area contributed by atoms with Crippen molar-refractivity contribution in [3.05, 3.63) is 28.8 Å². The fourth-order valence-electron chi connectivity index (χ4n) is 7.33. The average molecular weight is 585 g/mol. The third-order valence-corrected chi connectivity index (χ3v) is 9.54. The molecule has 3 N–H and O–H groups in total. The van der Waals surface area contributed by atoms with Gasteiger partial charge in [0.05, 0.1) is 6.10 Å². The third kappa shape index (κ3) is 6.90. The monoisotopic (exact) mass is 584 g/mol. The summed E-state index contributed by atoms with van der Waals surface area (Å²) in [5.74, 6) is -0.186. The number of fused-ring (bicyclic) bond motifs is 1. The van der Waals surface area contributed by atoms with Crippen molar-refractivity contribution in [3.8, 4) is 0 Å². The number of anilines is 1. The maximum Gasteiger partial charge on any atom is 0.403 e.